The van der Waals surface area contributed by atoms with Crippen LogP contribution in [0.1, 0.15) is 11.4 Å². The fraction of sp³-hybridized carbons (Fsp3) is 0.417. The van der Waals surface area contributed by atoms with Gasteiger partial charge >= 0.3 is 0 Å². The number of anilines is 2. The number of amides is 1. The highest BCUT2D eigenvalue weighted by molar-refractivity contribution is 5.82. The van der Waals surface area contributed by atoms with Crippen molar-refractivity contribution in [2.24, 2.45) is 5.92 Å². The Hall–Kier alpha value is -3.62. The predicted octanol–water partition coefficient (Wildman–Crippen LogP) is 2.07. The van der Waals surface area contributed by atoms with E-state index in [1.54, 1.807) is 13.4 Å². The summed E-state index contributed by atoms with van der Waals surface area (Å²) >= 11 is 0. The number of carbonyl (C=O) groups excluding carboxylic acids is 1. The van der Waals surface area contributed by atoms with E-state index in [1.807, 2.05) is 53.8 Å². The second-order valence-corrected chi connectivity index (χ2v) is 8.66. The Balaban J connectivity index is 1.17. The predicted molar refractivity (Wildman–Crippen MR) is 126 cm³/mol. The van der Waals surface area contributed by atoms with Crippen LogP contribution in [0.15, 0.2) is 42.7 Å². The molecule has 2 fully saturated rings. The van der Waals surface area contributed by atoms with E-state index in [1.165, 1.54) is 0 Å². The van der Waals surface area contributed by atoms with Gasteiger partial charge < -0.3 is 19.4 Å². The molecule has 172 valence electrons. The SMILES string of the molecule is COc1ccccc1N1CCN(C(=O)C2CN(c3cc(-n4nc(C)cc4C)ncn3)C2)CC1. The maximum Gasteiger partial charge on any atom is 0.229 e. The minimum atomic E-state index is 0.00918. The number of rotatable bonds is 5. The third-order valence-electron chi connectivity index (χ3n) is 6.44. The summed E-state index contributed by atoms with van der Waals surface area (Å²) in [5, 5.41) is 4.50. The molecular formula is C24H29N7O2. The monoisotopic (exact) mass is 447 g/mol. The van der Waals surface area contributed by atoms with Crippen molar-refractivity contribution < 1.29 is 9.53 Å². The topological polar surface area (TPSA) is 79.6 Å². The van der Waals surface area contributed by atoms with Crippen LogP contribution in [0, 0.1) is 19.8 Å². The molecule has 0 spiro atoms. The Morgan fingerprint density at radius 3 is 2.39 bits per heavy atom. The van der Waals surface area contributed by atoms with Crippen LogP contribution in [0.2, 0.25) is 0 Å². The molecule has 5 rings (SSSR count). The van der Waals surface area contributed by atoms with Crippen molar-refractivity contribution >= 4 is 17.4 Å². The van der Waals surface area contributed by atoms with E-state index < -0.39 is 0 Å². The van der Waals surface area contributed by atoms with Crippen molar-refractivity contribution in [3.8, 4) is 11.6 Å². The van der Waals surface area contributed by atoms with Crippen LogP contribution in [0.4, 0.5) is 11.5 Å². The summed E-state index contributed by atoms with van der Waals surface area (Å²) in [4.78, 5) is 28.3. The molecule has 2 saturated heterocycles. The van der Waals surface area contributed by atoms with Crippen molar-refractivity contribution in [1.29, 1.82) is 0 Å². The van der Waals surface area contributed by atoms with Crippen LogP contribution in [-0.4, -0.2) is 76.9 Å². The molecule has 0 aliphatic carbocycles. The summed E-state index contributed by atoms with van der Waals surface area (Å²) in [6.45, 7) is 8.40. The highest BCUT2D eigenvalue weighted by Crippen LogP contribution is 2.30. The Labute approximate surface area is 193 Å². The minimum absolute atomic E-state index is 0.00918. The summed E-state index contributed by atoms with van der Waals surface area (Å²) in [6, 6.07) is 12.0. The normalized spacial score (nSPS) is 16.6. The zero-order chi connectivity index (χ0) is 22.9. The fourth-order valence-electron chi connectivity index (χ4n) is 4.63. The van der Waals surface area contributed by atoms with Gasteiger partial charge in [0.25, 0.3) is 0 Å². The number of benzene rings is 1. The molecule has 2 aliphatic heterocycles. The van der Waals surface area contributed by atoms with E-state index in [9.17, 15) is 4.79 Å². The summed E-state index contributed by atoms with van der Waals surface area (Å²) < 4.78 is 7.32. The van der Waals surface area contributed by atoms with Crippen LogP contribution in [0.25, 0.3) is 5.82 Å². The van der Waals surface area contributed by atoms with Crippen molar-refractivity contribution in [2.75, 3.05) is 56.2 Å². The van der Waals surface area contributed by atoms with Gasteiger partial charge in [-0.15, -0.1) is 0 Å². The van der Waals surface area contributed by atoms with Crippen molar-refractivity contribution in [3.05, 3.63) is 54.1 Å². The number of hydrogen-bond acceptors (Lipinski definition) is 7. The molecule has 0 saturated carbocycles. The zero-order valence-electron chi connectivity index (χ0n) is 19.3. The van der Waals surface area contributed by atoms with Crippen LogP contribution in [0.3, 0.4) is 0 Å². The maximum absolute atomic E-state index is 13.1. The molecule has 1 aromatic carbocycles. The van der Waals surface area contributed by atoms with Crippen LogP contribution in [0.5, 0.6) is 5.75 Å². The molecule has 0 atom stereocenters. The Morgan fingerprint density at radius 1 is 0.970 bits per heavy atom. The van der Waals surface area contributed by atoms with Gasteiger partial charge in [0.1, 0.15) is 17.9 Å². The summed E-state index contributed by atoms with van der Waals surface area (Å²) in [5.41, 5.74) is 3.07. The Kier molecular flexibility index (Phi) is 5.62. The molecule has 0 N–H and O–H groups in total. The lowest BCUT2D eigenvalue weighted by atomic mass is 9.98. The molecule has 33 heavy (non-hydrogen) atoms. The average Bonchev–Trinajstić information content (AvgIpc) is 3.16. The number of hydrogen-bond donors (Lipinski definition) is 0. The Morgan fingerprint density at radius 2 is 1.70 bits per heavy atom. The van der Waals surface area contributed by atoms with Gasteiger partial charge in [-0.2, -0.15) is 5.10 Å². The standard InChI is InChI=1S/C24H29N7O2/c1-17-12-18(2)31(27-17)23-13-22(25-16-26-23)30-14-19(15-30)24(32)29-10-8-28(9-11-29)20-6-4-5-7-21(20)33-3/h4-7,12-13,16,19H,8-11,14-15H2,1-3H3. The van der Waals surface area contributed by atoms with Gasteiger partial charge in [0.05, 0.1) is 24.4 Å². The molecule has 3 aromatic rings. The summed E-state index contributed by atoms with van der Waals surface area (Å²) in [6.07, 6.45) is 1.56. The molecule has 9 heteroatoms. The number of para-hydroxylation sites is 2. The number of methoxy groups -OCH3 is 1. The second-order valence-electron chi connectivity index (χ2n) is 8.66. The number of aryl methyl sites for hydroxylation is 2. The number of aromatic nitrogens is 4. The summed E-state index contributed by atoms with van der Waals surface area (Å²) in [7, 11) is 1.69. The first-order chi connectivity index (χ1) is 16.0. The third kappa shape index (κ3) is 4.10. The Bertz CT molecular complexity index is 1150. The third-order valence-corrected chi connectivity index (χ3v) is 6.44. The minimum Gasteiger partial charge on any atom is -0.495 e. The van der Waals surface area contributed by atoms with Gasteiger partial charge in [-0.1, -0.05) is 12.1 Å². The molecule has 2 aromatic heterocycles. The maximum atomic E-state index is 13.1. The summed E-state index contributed by atoms with van der Waals surface area (Å²) in [5.74, 6) is 2.69. The molecule has 0 bridgehead atoms. The number of carbonyl (C=O) groups is 1. The first-order valence-corrected chi connectivity index (χ1v) is 11.3. The quantitative estimate of drug-likeness (QED) is 0.592. The van der Waals surface area contributed by atoms with Gasteiger partial charge in [0.2, 0.25) is 5.91 Å². The van der Waals surface area contributed by atoms with E-state index in [0.29, 0.717) is 13.1 Å². The van der Waals surface area contributed by atoms with Crippen LogP contribution < -0.4 is 14.5 Å². The number of ether oxygens (including phenoxy) is 1. The molecule has 0 unspecified atom stereocenters. The lowest BCUT2D eigenvalue weighted by molar-refractivity contribution is -0.136. The molecule has 9 nitrogen and oxygen atoms in total. The molecule has 2 aliphatic rings. The van der Waals surface area contributed by atoms with Crippen molar-refractivity contribution in [3.63, 3.8) is 0 Å². The molecule has 4 heterocycles. The average molecular weight is 448 g/mol. The second kappa shape index (κ2) is 8.73. The first-order valence-electron chi connectivity index (χ1n) is 11.3. The lowest BCUT2D eigenvalue weighted by Crippen LogP contribution is -2.58. The van der Waals surface area contributed by atoms with Crippen molar-refractivity contribution in [1.82, 2.24) is 24.6 Å². The lowest BCUT2D eigenvalue weighted by Gasteiger charge is -2.43. The largest absolute Gasteiger partial charge is 0.495 e. The first kappa shape index (κ1) is 21.2. The van der Waals surface area contributed by atoms with Gasteiger partial charge in [0.15, 0.2) is 5.82 Å². The van der Waals surface area contributed by atoms with Crippen LogP contribution in [-0.2, 0) is 4.79 Å². The van der Waals surface area contributed by atoms with Crippen LogP contribution >= 0.6 is 0 Å². The van der Waals surface area contributed by atoms with E-state index in [0.717, 1.165) is 60.6 Å². The fourth-order valence-corrected chi connectivity index (χ4v) is 4.63. The van der Waals surface area contributed by atoms with Gasteiger partial charge in [-0.3, -0.25) is 4.79 Å². The smallest absolute Gasteiger partial charge is 0.229 e. The molecule has 1 amide bonds. The van der Waals surface area contributed by atoms with E-state index in [4.69, 9.17) is 4.74 Å². The van der Waals surface area contributed by atoms with E-state index in [-0.39, 0.29) is 11.8 Å². The van der Waals surface area contributed by atoms with Gasteiger partial charge in [-0.25, -0.2) is 14.6 Å². The van der Waals surface area contributed by atoms with E-state index >= 15 is 0 Å². The highest BCUT2D eigenvalue weighted by Gasteiger charge is 2.37. The molecular weight excluding hydrogens is 418 g/mol. The van der Waals surface area contributed by atoms with Crippen molar-refractivity contribution in [2.45, 2.75) is 13.8 Å². The van der Waals surface area contributed by atoms with E-state index in [2.05, 4.69) is 30.9 Å². The highest BCUT2D eigenvalue weighted by atomic mass is 16.5. The zero-order valence-corrected chi connectivity index (χ0v) is 19.3. The van der Waals surface area contributed by atoms with Gasteiger partial charge in [0, 0.05) is 51.0 Å². The number of nitrogens with zero attached hydrogens (tertiary/aromatic N) is 7. The number of piperazine rings is 1. The van der Waals surface area contributed by atoms with Gasteiger partial charge in [-0.05, 0) is 32.0 Å². The molecule has 0 radical (unpaired) electrons.